The number of fused-ring (bicyclic) bond motifs is 1. The van der Waals surface area contributed by atoms with Crippen molar-refractivity contribution in [1.82, 2.24) is 0 Å². The predicted molar refractivity (Wildman–Crippen MR) is 146 cm³/mol. The first-order chi connectivity index (χ1) is 17.3. The van der Waals surface area contributed by atoms with Gasteiger partial charge >= 0.3 is 0 Å². The van der Waals surface area contributed by atoms with Crippen LogP contribution in [0, 0.1) is 0 Å². The molecule has 10 rings (SSSR count). The van der Waals surface area contributed by atoms with Crippen molar-refractivity contribution in [3.63, 3.8) is 0 Å². The fraction of sp³-hybridized carbons (Fsp3) is 0.118. The van der Waals surface area contributed by atoms with Gasteiger partial charge < -0.3 is 4.42 Å². The highest BCUT2D eigenvalue weighted by Crippen LogP contribution is 2.44. The van der Waals surface area contributed by atoms with Crippen molar-refractivity contribution in [2.75, 3.05) is 0 Å². The quantitative estimate of drug-likeness (QED) is 0.257. The van der Waals surface area contributed by atoms with Crippen LogP contribution in [0.15, 0.2) is 114 Å². The molecule has 0 fully saturated rings. The van der Waals surface area contributed by atoms with Crippen molar-refractivity contribution in [2.45, 2.75) is 25.7 Å². The Balaban J connectivity index is 1.57. The summed E-state index contributed by atoms with van der Waals surface area (Å²) in [5, 5.41) is 5.16. The molecule has 0 radical (unpaired) electrons. The Bertz CT molecular complexity index is 1660. The summed E-state index contributed by atoms with van der Waals surface area (Å²) in [7, 11) is 0. The lowest BCUT2D eigenvalue weighted by molar-refractivity contribution is 0.602. The second-order valence-corrected chi connectivity index (χ2v) is 9.60. The Morgan fingerprint density at radius 1 is 0.400 bits per heavy atom. The van der Waals surface area contributed by atoms with Crippen LogP contribution in [0.1, 0.15) is 22.3 Å². The number of hydrogen-bond donors (Lipinski definition) is 0. The van der Waals surface area contributed by atoms with Crippen LogP contribution in [0.3, 0.4) is 0 Å². The molecule has 1 heteroatoms. The van der Waals surface area contributed by atoms with E-state index in [1.807, 2.05) is 0 Å². The van der Waals surface area contributed by atoms with E-state index in [-0.39, 0.29) is 0 Å². The Morgan fingerprint density at radius 3 is 1.60 bits per heavy atom. The van der Waals surface area contributed by atoms with Crippen LogP contribution in [0.5, 0.6) is 0 Å². The molecule has 35 heavy (non-hydrogen) atoms. The molecule has 168 valence electrons. The third kappa shape index (κ3) is 3.47. The molecule has 0 N–H and O–H groups in total. The zero-order chi connectivity index (χ0) is 23.2. The van der Waals surface area contributed by atoms with Crippen LogP contribution in [0.2, 0.25) is 0 Å². The highest BCUT2D eigenvalue weighted by atomic mass is 16.3. The predicted octanol–water partition coefficient (Wildman–Crippen LogP) is 8.80. The van der Waals surface area contributed by atoms with Gasteiger partial charge in [-0.3, -0.25) is 0 Å². The van der Waals surface area contributed by atoms with Crippen molar-refractivity contribution in [3.05, 3.63) is 131 Å². The highest BCUT2D eigenvalue weighted by Gasteiger charge is 2.21. The van der Waals surface area contributed by atoms with E-state index in [1.54, 1.807) is 0 Å². The van der Waals surface area contributed by atoms with Crippen molar-refractivity contribution < 1.29 is 4.42 Å². The Hall–Kier alpha value is -4.10. The van der Waals surface area contributed by atoms with E-state index in [0.717, 1.165) is 48.3 Å². The topological polar surface area (TPSA) is 13.1 Å². The summed E-state index contributed by atoms with van der Waals surface area (Å²) in [4.78, 5) is 0. The molecule has 1 nitrogen and oxygen atoms in total. The minimum absolute atomic E-state index is 0.952. The fourth-order valence-corrected chi connectivity index (χ4v) is 5.66. The zero-order valence-electron chi connectivity index (χ0n) is 19.6. The molecule has 0 saturated heterocycles. The van der Waals surface area contributed by atoms with Gasteiger partial charge in [0.15, 0.2) is 0 Å². The van der Waals surface area contributed by atoms with E-state index in [4.69, 9.17) is 4.42 Å². The molecule has 0 spiro atoms. The first-order valence-corrected chi connectivity index (χ1v) is 12.5. The van der Waals surface area contributed by atoms with Crippen molar-refractivity contribution in [3.8, 4) is 22.6 Å². The van der Waals surface area contributed by atoms with Crippen LogP contribution >= 0.6 is 0 Å². The maximum absolute atomic E-state index is 6.75. The molecule has 1 aromatic heterocycles. The minimum Gasteiger partial charge on any atom is -0.455 e. The summed E-state index contributed by atoms with van der Waals surface area (Å²) >= 11 is 0. The smallest absolute Gasteiger partial charge is 0.143 e. The second-order valence-electron chi connectivity index (χ2n) is 9.60. The normalized spacial score (nSPS) is 13.3. The lowest BCUT2D eigenvalue weighted by Crippen LogP contribution is -2.00. The largest absolute Gasteiger partial charge is 0.455 e. The van der Waals surface area contributed by atoms with Crippen LogP contribution in [0.4, 0.5) is 0 Å². The molecule has 0 unspecified atom stereocenters. The van der Waals surface area contributed by atoms with Crippen LogP contribution in [0.25, 0.3) is 44.2 Å². The molecule has 5 aromatic carbocycles. The van der Waals surface area contributed by atoms with Crippen LogP contribution < -0.4 is 0 Å². The Labute approximate surface area is 205 Å². The molecule has 4 bridgehead atoms. The zero-order valence-corrected chi connectivity index (χ0v) is 19.6. The molecule has 0 atom stereocenters. The Morgan fingerprint density at radius 2 is 0.943 bits per heavy atom. The van der Waals surface area contributed by atoms with E-state index in [9.17, 15) is 0 Å². The SMILES string of the molecule is c1ccc(-c2oc(-c3ccccc3)c3c2ccc2c4ccc(c23)CCc2ccc(cc2)CC4)cc1. The number of rotatable bonds is 2. The molecule has 0 aliphatic heterocycles. The van der Waals surface area contributed by atoms with Gasteiger partial charge in [-0.05, 0) is 64.8 Å². The molecule has 4 aliphatic carbocycles. The molecular weight excluding hydrogens is 424 g/mol. The first-order valence-electron chi connectivity index (χ1n) is 12.5. The summed E-state index contributed by atoms with van der Waals surface area (Å²) in [5.74, 6) is 1.92. The lowest BCUT2D eigenvalue weighted by Gasteiger charge is -2.15. The van der Waals surface area contributed by atoms with Gasteiger partial charge in [0.2, 0.25) is 0 Å². The van der Waals surface area contributed by atoms with Gasteiger partial charge in [0.05, 0.1) is 0 Å². The van der Waals surface area contributed by atoms with Crippen molar-refractivity contribution >= 4 is 21.5 Å². The number of furan rings is 1. The number of hydrogen-bond acceptors (Lipinski definition) is 1. The van der Waals surface area contributed by atoms with Gasteiger partial charge in [-0.15, -0.1) is 0 Å². The standard InChI is InChI=1S/C34H26O/c1-3-7-27(8-4-1)33-30-22-21-29-25-17-15-23-11-13-24(14-12-23)16-18-26(20-19-25)31(29)32(30)34(35-33)28-9-5-2-6-10-28/h1-14,19-22H,15-18H2. The van der Waals surface area contributed by atoms with Gasteiger partial charge in [-0.2, -0.15) is 0 Å². The van der Waals surface area contributed by atoms with E-state index in [1.165, 1.54) is 43.8 Å². The van der Waals surface area contributed by atoms with E-state index in [0.29, 0.717) is 0 Å². The highest BCUT2D eigenvalue weighted by molar-refractivity contribution is 6.18. The van der Waals surface area contributed by atoms with E-state index in [2.05, 4.69) is 109 Å². The lowest BCUT2D eigenvalue weighted by atomic mass is 9.88. The van der Waals surface area contributed by atoms with E-state index >= 15 is 0 Å². The third-order valence-electron chi connectivity index (χ3n) is 7.49. The molecule has 0 amide bonds. The van der Waals surface area contributed by atoms with Crippen LogP contribution in [-0.4, -0.2) is 0 Å². The first kappa shape index (κ1) is 20.3. The van der Waals surface area contributed by atoms with E-state index < -0.39 is 0 Å². The average Bonchev–Trinajstić information content (AvgIpc) is 3.31. The summed E-state index contributed by atoms with van der Waals surface area (Å²) in [6.45, 7) is 0. The average molecular weight is 451 g/mol. The summed E-state index contributed by atoms with van der Waals surface area (Å²) < 4.78 is 6.75. The molecule has 0 saturated carbocycles. The molecule has 4 aliphatic rings. The van der Waals surface area contributed by atoms with Gasteiger partial charge in [-0.25, -0.2) is 0 Å². The number of aryl methyl sites for hydroxylation is 4. The van der Waals surface area contributed by atoms with Gasteiger partial charge in [-0.1, -0.05) is 103 Å². The van der Waals surface area contributed by atoms with Gasteiger partial charge in [0, 0.05) is 21.9 Å². The second kappa shape index (κ2) is 8.29. The molecule has 6 aromatic rings. The van der Waals surface area contributed by atoms with Crippen molar-refractivity contribution in [1.29, 1.82) is 0 Å². The molecule has 1 heterocycles. The van der Waals surface area contributed by atoms with Crippen molar-refractivity contribution in [2.24, 2.45) is 0 Å². The summed E-state index contributed by atoms with van der Waals surface area (Å²) in [6, 6.07) is 39.7. The fourth-order valence-electron chi connectivity index (χ4n) is 5.66. The maximum atomic E-state index is 6.75. The summed E-state index contributed by atoms with van der Waals surface area (Å²) in [5.41, 5.74) is 7.87. The van der Waals surface area contributed by atoms with Gasteiger partial charge in [0.1, 0.15) is 11.5 Å². The van der Waals surface area contributed by atoms with Crippen LogP contribution in [-0.2, 0) is 25.7 Å². The maximum Gasteiger partial charge on any atom is 0.143 e. The minimum atomic E-state index is 0.952. The number of benzene rings is 5. The monoisotopic (exact) mass is 450 g/mol. The third-order valence-corrected chi connectivity index (χ3v) is 7.49. The Kier molecular flexibility index (Phi) is 4.80. The molecular formula is C34H26O. The summed E-state index contributed by atoms with van der Waals surface area (Å²) in [6.07, 6.45) is 4.13. The van der Waals surface area contributed by atoms with Gasteiger partial charge in [0.25, 0.3) is 0 Å².